The number of carbonyl (C=O) groups is 1. The highest BCUT2D eigenvalue weighted by Gasteiger charge is 2.08. The Morgan fingerprint density at radius 1 is 1.33 bits per heavy atom. The van der Waals surface area contributed by atoms with Gasteiger partial charge >= 0.3 is 5.97 Å². The summed E-state index contributed by atoms with van der Waals surface area (Å²) in [4.78, 5) is 11.2. The van der Waals surface area contributed by atoms with Crippen LogP contribution >= 0.6 is 15.9 Å². The van der Waals surface area contributed by atoms with E-state index in [1.807, 2.05) is 32.0 Å². The summed E-state index contributed by atoms with van der Waals surface area (Å²) in [5, 5.41) is 0. The smallest absolute Gasteiger partial charge is 0.305 e. The van der Waals surface area contributed by atoms with Gasteiger partial charge in [-0.3, -0.25) is 4.79 Å². The van der Waals surface area contributed by atoms with Crippen molar-refractivity contribution in [2.24, 2.45) is 5.73 Å². The molecule has 0 bridgehead atoms. The summed E-state index contributed by atoms with van der Waals surface area (Å²) in [5.74, 6) is 0.712. The SMILES string of the molecule is CCOC(=O)CCCCCOc1ccc(Br)cc1[C@@H](C)N. The van der Waals surface area contributed by atoms with Crippen molar-refractivity contribution in [3.05, 3.63) is 28.2 Å². The van der Waals surface area contributed by atoms with E-state index >= 15 is 0 Å². The predicted molar refractivity (Wildman–Crippen MR) is 87.3 cm³/mol. The van der Waals surface area contributed by atoms with Crippen molar-refractivity contribution in [3.63, 3.8) is 0 Å². The molecule has 0 heterocycles. The zero-order valence-corrected chi connectivity index (χ0v) is 14.3. The van der Waals surface area contributed by atoms with Gasteiger partial charge in [-0.25, -0.2) is 0 Å². The molecule has 5 heteroatoms. The van der Waals surface area contributed by atoms with Gasteiger partial charge < -0.3 is 15.2 Å². The van der Waals surface area contributed by atoms with Crippen molar-refractivity contribution in [1.82, 2.24) is 0 Å². The van der Waals surface area contributed by atoms with E-state index in [-0.39, 0.29) is 12.0 Å². The van der Waals surface area contributed by atoms with E-state index in [4.69, 9.17) is 15.2 Å². The average molecular weight is 358 g/mol. The summed E-state index contributed by atoms with van der Waals surface area (Å²) in [6.45, 7) is 4.84. The Balaban J connectivity index is 2.28. The summed E-state index contributed by atoms with van der Waals surface area (Å²) < 4.78 is 11.7. The minimum Gasteiger partial charge on any atom is -0.493 e. The van der Waals surface area contributed by atoms with Gasteiger partial charge in [-0.15, -0.1) is 0 Å². The highest BCUT2D eigenvalue weighted by Crippen LogP contribution is 2.27. The lowest BCUT2D eigenvalue weighted by molar-refractivity contribution is -0.143. The van der Waals surface area contributed by atoms with Gasteiger partial charge in [-0.1, -0.05) is 15.9 Å². The number of hydrogen-bond donors (Lipinski definition) is 1. The molecule has 2 N–H and O–H groups in total. The Morgan fingerprint density at radius 3 is 2.76 bits per heavy atom. The van der Waals surface area contributed by atoms with Gasteiger partial charge in [-0.05, 0) is 51.3 Å². The van der Waals surface area contributed by atoms with Crippen LogP contribution in [-0.4, -0.2) is 19.2 Å². The maximum atomic E-state index is 11.2. The lowest BCUT2D eigenvalue weighted by Gasteiger charge is -2.14. The second-order valence-electron chi connectivity index (χ2n) is 4.93. The predicted octanol–water partition coefficient (Wildman–Crippen LogP) is 3.97. The van der Waals surface area contributed by atoms with Crippen molar-refractivity contribution >= 4 is 21.9 Å². The zero-order valence-electron chi connectivity index (χ0n) is 12.7. The molecule has 1 aromatic rings. The molecular formula is C16H24BrNO3. The minimum atomic E-state index is -0.120. The van der Waals surface area contributed by atoms with E-state index in [0.717, 1.165) is 35.0 Å². The number of unbranched alkanes of at least 4 members (excludes halogenated alkanes) is 2. The first kappa shape index (κ1) is 18.0. The molecule has 0 unspecified atom stereocenters. The molecule has 0 saturated heterocycles. The second kappa shape index (κ2) is 9.79. The number of rotatable bonds is 9. The van der Waals surface area contributed by atoms with Crippen LogP contribution in [0, 0.1) is 0 Å². The second-order valence-corrected chi connectivity index (χ2v) is 5.85. The zero-order chi connectivity index (χ0) is 15.7. The third kappa shape index (κ3) is 6.96. The average Bonchev–Trinajstić information content (AvgIpc) is 2.44. The summed E-state index contributed by atoms with van der Waals surface area (Å²) in [7, 11) is 0. The Hall–Kier alpha value is -1.07. The molecule has 1 rings (SSSR count). The molecule has 21 heavy (non-hydrogen) atoms. The summed E-state index contributed by atoms with van der Waals surface area (Å²) >= 11 is 3.44. The molecule has 1 atom stereocenters. The van der Waals surface area contributed by atoms with Crippen molar-refractivity contribution in [2.75, 3.05) is 13.2 Å². The Bertz CT molecular complexity index is 449. The summed E-state index contributed by atoms with van der Waals surface area (Å²) in [5.41, 5.74) is 6.94. The van der Waals surface area contributed by atoms with Crippen LogP contribution in [0.5, 0.6) is 5.75 Å². The van der Waals surface area contributed by atoms with Gasteiger partial charge in [0.15, 0.2) is 0 Å². The summed E-state index contributed by atoms with van der Waals surface area (Å²) in [6.07, 6.45) is 3.18. The molecule has 0 amide bonds. The molecule has 0 spiro atoms. The van der Waals surface area contributed by atoms with Crippen LogP contribution in [0.1, 0.15) is 51.1 Å². The highest BCUT2D eigenvalue weighted by molar-refractivity contribution is 9.10. The van der Waals surface area contributed by atoms with E-state index in [1.165, 1.54) is 0 Å². The van der Waals surface area contributed by atoms with Gasteiger partial charge in [0.25, 0.3) is 0 Å². The van der Waals surface area contributed by atoms with Crippen LogP contribution in [0.4, 0.5) is 0 Å². The molecule has 0 saturated carbocycles. The van der Waals surface area contributed by atoms with Crippen molar-refractivity contribution in [2.45, 2.75) is 45.6 Å². The molecule has 1 aromatic carbocycles. The van der Waals surface area contributed by atoms with E-state index in [2.05, 4.69) is 15.9 Å². The lowest BCUT2D eigenvalue weighted by atomic mass is 10.1. The number of esters is 1. The van der Waals surface area contributed by atoms with Gasteiger partial charge in [0.05, 0.1) is 13.2 Å². The Morgan fingerprint density at radius 2 is 2.10 bits per heavy atom. The maximum Gasteiger partial charge on any atom is 0.305 e. The van der Waals surface area contributed by atoms with Crippen LogP contribution in [-0.2, 0) is 9.53 Å². The third-order valence-corrected chi connectivity index (χ3v) is 3.54. The Labute approximate surface area is 135 Å². The Kier molecular flexibility index (Phi) is 8.38. The van der Waals surface area contributed by atoms with E-state index in [1.54, 1.807) is 0 Å². The molecule has 0 fully saturated rings. The largest absolute Gasteiger partial charge is 0.493 e. The molecule has 0 aliphatic carbocycles. The number of ether oxygens (including phenoxy) is 2. The topological polar surface area (TPSA) is 61.5 Å². The molecule has 0 radical (unpaired) electrons. The molecule has 118 valence electrons. The monoisotopic (exact) mass is 357 g/mol. The highest BCUT2D eigenvalue weighted by atomic mass is 79.9. The maximum absolute atomic E-state index is 11.2. The number of benzene rings is 1. The van der Waals surface area contributed by atoms with Crippen LogP contribution < -0.4 is 10.5 Å². The number of carbonyl (C=O) groups excluding carboxylic acids is 1. The number of halogens is 1. The van der Waals surface area contributed by atoms with Gasteiger partial charge in [-0.2, -0.15) is 0 Å². The summed E-state index contributed by atoms with van der Waals surface area (Å²) in [6, 6.07) is 5.80. The normalized spacial score (nSPS) is 12.0. The van der Waals surface area contributed by atoms with Crippen LogP contribution in [0.25, 0.3) is 0 Å². The minimum absolute atomic E-state index is 0.0682. The van der Waals surface area contributed by atoms with Gasteiger partial charge in [0.1, 0.15) is 5.75 Å². The van der Waals surface area contributed by atoms with E-state index < -0.39 is 0 Å². The standard InChI is InChI=1S/C16H24BrNO3/c1-3-20-16(19)7-5-4-6-10-21-15-9-8-13(17)11-14(15)12(2)18/h8-9,11-12H,3-7,10,18H2,1-2H3/t12-/m1/s1. The molecule has 0 aliphatic rings. The molecular weight excluding hydrogens is 334 g/mol. The fourth-order valence-electron chi connectivity index (χ4n) is 1.97. The first-order chi connectivity index (χ1) is 10.0. The van der Waals surface area contributed by atoms with Gasteiger partial charge in [0.2, 0.25) is 0 Å². The van der Waals surface area contributed by atoms with Crippen LogP contribution in [0.15, 0.2) is 22.7 Å². The van der Waals surface area contributed by atoms with Crippen molar-refractivity contribution < 1.29 is 14.3 Å². The van der Waals surface area contributed by atoms with Crippen molar-refractivity contribution in [3.8, 4) is 5.75 Å². The van der Waals surface area contributed by atoms with Crippen LogP contribution in [0.3, 0.4) is 0 Å². The first-order valence-electron chi connectivity index (χ1n) is 7.38. The van der Waals surface area contributed by atoms with E-state index in [9.17, 15) is 4.79 Å². The number of hydrogen-bond acceptors (Lipinski definition) is 4. The lowest BCUT2D eigenvalue weighted by Crippen LogP contribution is -2.09. The van der Waals surface area contributed by atoms with Crippen molar-refractivity contribution in [1.29, 1.82) is 0 Å². The third-order valence-electron chi connectivity index (χ3n) is 3.05. The molecule has 4 nitrogen and oxygen atoms in total. The van der Waals surface area contributed by atoms with Crippen LogP contribution in [0.2, 0.25) is 0 Å². The fourth-order valence-corrected chi connectivity index (χ4v) is 2.35. The van der Waals surface area contributed by atoms with E-state index in [0.29, 0.717) is 19.6 Å². The fraction of sp³-hybridized carbons (Fsp3) is 0.562. The van der Waals surface area contributed by atoms with Gasteiger partial charge in [0, 0.05) is 22.5 Å². The first-order valence-corrected chi connectivity index (χ1v) is 8.17. The quantitative estimate of drug-likeness (QED) is 0.536. The number of nitrogens with two attached hydrogens (primary N) is 1. The molecule has 0 aliphatic heterocycles. The molecule has 0 aromatic heterocycles.